The van der Waals surface area contributed by atoms with E-state index in [9.17, 15) is 18.3 Å². The number of benzene rings is 1. The van der Waals surface area contributed by atoms with Gasteiger partial charge in [0.2, 0.25) is 15.6 Å². The minimum Gasteiger partial charge on any atom is -0.394 e. The molecule has 0 aliphatic heterocycles. The van der Waals surface area contributed by atoms with Gasteiger partial charge >= 0.3 is 0 Å². The molecule has 0 radical (unpaired) electrons. The van der Waals surface area contributed by atoms with Gasteiger partial charge in [-0.1, -0.05) is 30.3 Å². The van der Waals surface area contributed by atoms with Crippen molar-refractivity contribution in [2.45, 2.75) is 17.4 Å². The third kappa shape index (κ3) is 3.38. The van der Waals surface area contributed by atoms with Gasteiger partial charge in [0.15, 0.2) is 0 Å². The summed E-state index contributed by atoms with van der Waals surface area (Å²) >= 11 is 0. The Balaban J connectivity index is 2.38. The summed E-state index contributed by atoms with van der Waals surface area (Å²) in [6.07, 6.45) is 1.12. The van der Waals surface area contributed by atoms with Crippen molar-refractivity contribution in [3.05, 3.63) is 64.6 Å². The third-order valence-electron chi connectivity index (χ3n) is 3.15. The molecule has 0 spiro atoms. The first-order valence-corrected chi connectivity index (χ1v) is 7.75. The molecule has 0 saturated carbocycles. The topological polar surface area (TPSA) is 99.3 Å². The van der Waals surface area contributed by atoms with E-state index in [2.05, 4.69) is 9.71 Å². The van der Waals surface area contributed by atoms with Crippen molar-refractivity contribution in [3.63, 3.8) is 0 Å². The van der Waals surface area contributed by atoms with Gasteiger partial charge in [-0.2, -0.15) is 4.72 Å². The Labute approximate surface area is 122 Å². The van der Waals surface area contributed by atoms with Gasteiger partial charge in [0, 0.05) is 12.3 Å². The van der Waals surface area contributed by atoms with Crippen molar-refractivity contribution >= 4 is 10.0 Å². The Morgan fingerprint density at radius 1 is 1.19 bits per heavy atom. The van der Waals surface area contributed by atoms with Gasteiger partial charge in [-0.25, -0.2) is 8.42 Å². The molecule has 1 atom stereocenters. The smallest absolute Gasteiger partial charge is 0.247 e. The third-order valence-corrected chi connectivity index (χ3v) is 4.75. The van der Waals surface area contributed by atoms with E-state index in [1.165, 1.54) is 6.07 Å². The van der Waals surface area contributed by atoms with Gasteiger partial charge in [0.1, 0.15) is 0 Å². The lowest BCUT2D eigenvalue weighted by Crippen LogP contribution is -2.46. The average Bonchev–Trinajstić information content (AvgIpc) is 2.48. The highest BCUT2D eigenvalue weighted by atomic mass is 32.2. The molecule has 0 aliphatic carbocycles. The lowest BCUT2D eigenvalue weighted by atomic mass is 9.94. The van der Waals surface area contributed by atoms with Gasteiger partial charge < -0.3 is 10.1 Å². The molecule has 0 saturated heterocycles. The van der Waals surface area contributed by atoms with E-state index in [0.29, 0.717) is 5.56 Å². The van der Waals surface area contributed by atoms with E-state index in [1.54, 1.807) is 37.3 Å². The van der Waals surface area contributed by atoms with Gasteiger partial charge in [-0.15, -0.1) is 0 Å². The average molecular weight is 308 g/mol. The number of hydrogen-bond acceptors (Lipinski definition) is 4. The second-order valence-electron chi connectivity index (χ2n) is 4.85. The first kappa shape index (κ1) is 15.4. The quantitative estimate of drug-likeness (QED) is 0.751. The normalized spacial score (nSPS) is 14.6. The number of aromatic amines is 1. The number of rotatable bonds is 5. The molecule has 0 fully saturated rings. The van der Waals surface area contributed by atoms with Gasteiger partial charge in [0.25, 0.3) is 0 Å². The first-order valence-electron chi connectivity index (χ1n) is 6.26. The zero-order valence-electron chi connectivity index (χ0n) is 11.4. The molecule has 112 valence electrons. The molecular formula is C14H16N2O4S. The molecule has 0 bridgehead atoms. The van der Waals surface area contributed by atoms with Crippen LogP contribution in [0.1, 0.15) is 12.5 Å². The zero-order valence-corrected chi connectivity index (χ0v) is 12.2. The Morgan fingerprint density at radius 2 is 1.86 bits per heavy atom. The van der Waals surface area contributed by atoms with Crippen molar-refractivity contribution in [2.75, 3.05) is 6.61 Å². The molecule has 0 amide bonds. The van der Waals surface area contributed by atoms with Crippen LogP contribution in [0.25, 0.3) is 0 Å². The van der Waals surface area contributed by atoms with Crippen LogP contribution in [0, 0.1) is 0 Å². The predicted molar refractivity (Wildman–Crippen MR) is 78.3 cm³/mol. The summed E-state index contributed by atoms with van der Waals surface area (Å²) in [5.41, 5.74) is -0.904. The maximum atomic E-state index is 12.3. The van der Waals surface area contributed by atoms with Crippen LogP contribution in [0.4, 0.5) is 0 Å². The monoisotopic (exact) mass is 308 g/mol. The fourth-order valence-corrected chi connectivity index (χ4v) is 3.26. The van der Waals surface area contributed by atoms with E-state index >= 15 is 0 Å². The van der Waals surface area contributed by atoms with Crippen LogP contribution >= 0.6 is 0 Å². The maximum absolute atomic E-state index is 12.3. The number of aliphatic hydroxyl groups is 1. The van der Waals surface area contributed by atoms with E-state index in [4.69, 9.17) is 0 Å². The van der Waals surface area contributed by atoms with Crippen LogP contribution in [0.2, 0.25) is 0 Å². The van der Waals surface area contributed by atoms with E-state index < -0.39 is 22.2 Å². The summed E-state index contributed by atoms with van der Waals surface area (Å²) in [6.45, 7) is 1.19. The highest BCUT2D eigenvalue weighted by Gasteiger charge is 2.31. The molecule has 2 aromatic rings. The Kier molecular flexibility index (Phi) is 4.26. The number of nitrogens with one attached hydrogen (secondary N) is 2. The second kappa shape index (κ2) is 5.80. The molecule has 6 nitrogen and oxygen atoms in total. The SMILES string of the molecule is CC(CO)(NS(=O)(=O)c1ccc(=O)[nH]c1)c1ccccc1. The summed E-state index contributed by atoms with van der Waals surface area (Å²) in [4.78, 5) is 13.2. The van der Waals surface area contributed by atoms with Crippen molar-refractivity contribution in [1.82, 2.24) is 9.71 Å². The van der Waals surface area contributed by atoms with Crippen LogP contribution in [-0.4, -0.2) is 25.1 Å². The summed E-state index contributed by atoms with van der Waals surface area (Å²) in [6, 6.07) is 11.1. The molecular weight excluding hydrogens is 292 g/mol. The van der Waals surface area contributed by atoms with Crippen LogP contribution in [0.5, 0.6) is 0 Å². The fraction of sp³-hybridized carbons (Fsp3) is 0.214. The van der Waals surface area contributed by atoms with E-state index in [1.807, 2.05) is 0 Å². The van der Waals surface area contributed by atoms with Crippen molar-refractivity contribution in [2.24, 2.45) is 0 Å². The number of H-pyrrole nitrogens is 1. The molecule has 1 heterocycles. The molecule has 0 aliphatic rings. The lowest BCUT2D eigenvalue weighted by Gasteiger charge is -2.28. The largest absolute Gasteiger partial charge is 0.394 e. The Bertz CT molecular complexity index is 751. The molecule has 1 aromatic heterocycles. The predicted octanol–water partition coefficient (Wildman–Crippen LogP) is 0.561. The highest BCUT2D eigenvalue weighted by Crippen LogP contribution is 2.22. The van der Waals surface area contributed by atoms with E-state index in [0.717, 1.165) is 12.3 Å². The number of aliphatic hydroxyl groups excluding tert-OH is 1. The maximum Gasteiger partial charge on any atom is 0.247 e. The molecule has 21 heavy (non-hydrogen) atoms. The number of pyridine rings is 1. The summed E-state index contributed by atoms with van der Waals surface area (Å²) in [5, 5.41) is 9.61. The summed E-state index contributed by atoms with van der Waals surface area (Å²) < 4.78 is 27.2. The fourth-order valence-electron chi connectivity index (χ4n) is 1.91. The zero-order chi connectivity index (χ0) is 15.5. The van der Waals surface area contributed by atoms with Crippen LogP contribution in [0.15, 0.2) is 58.4 Å². The van der Waals surface area contributed by atoms with Crippen molar-refractivity contribution < 1.29 is 13.5 Å². The molecule has 1 unspecified atom stereocenters. The van der Waals surface area contributed by atoms with Gasteiger partial charge in [0.05, 0.1) is 17.0 Å². The molecule has 1 aromatic carbocycles. The van der Waals surface area contributed by atoms with Crippen LogP contribution in [0.3, 0.4) is 0 Å². The second-order valence-corrected chi connectivity index (χ2v) is 6.53. The minimum absolute atomic E-state index is 0.0716. The molecule has 3 N–H and O–H groups in total. The van der Waals surface area contributed by atoms with Crippen LogP contribution < -0.4 is 10.3 Å². The summed E-state index contributed by atoms with van der Waals surface area (Å²) in [7, 11) is -3.88. The summed E-state index contributed by atoms with van der Waals surface area (Å²) in [5.74, 6) is 0. The Hall–Kier alpha value is -1.96. The minimum atomic E-state index is -3.88. The van der Waals surface area contributed by atoms with Crippen molar-refractivity contribution in [3.8, 4) is 0 Å². The molecule has 2 rings (SSSR count). The molecule has 7 heteroatoms. The Morgan fingerprint density at radius 3 is 2.38 bits per heavy atom. The number of aromatic nitrogens is 1. The highest BCUT2D eigenvalue weighted by molar-refractivity contribution is 7.89. The standard InChI is InChI=1S/C14H16N2O4S/c1-14(10-17,11-5-3-2-4-6-11)16-21(19,20)12-7-8-13(18)15-9-12/h2-9,16-17H,10H2,1H3,(H,15,18). The lowest BCUT2D eigenvalue weighted by molar-refractivity contribution is 0.196. The van der Waals surface area contributed by atoms with Crippen LogP contribution in [-0.2, 0) is 15.6 Å². The van der Waals surface area contributed by atoms with Gasteiger partial charge in [-0.3, -0.25) is 4.79 Å². The number of hydrogen-bond donors (Lipinski definition) is 3. The first-order chi connectivity index (χ1) is 9.87. The van der Waals surface area contributed by atoms with Crippen molar-refractivity contribution in [1.29, 1.82) is 0 Å². The van der Waals surface area contributed by atoms with E-state index in [-0.39, 0.29) is 10.5 Å². The number of sulfonamides is 1. The van der Waals surface area contributed by atoms with Gasteiger partial charge in [-0.05, 0) is 18.6 Å².